The van der Waals surface area contributed by atoms with Gasteiger partial charge in [0.1, 0.15) is 12.4 Å². The van der Waals surface area contributed by atoms with Crippen LogP contribution in [0.5, 0.6) is 5.75 Å². The molecule has 1 aliphatic carbocycles. The van der Waals surface area contributed by atoms with Crippen LogP contribution < -0.4 is 15.5 Å². The minimum Gasteiger partial charge on any atom is -0.492 e. The largest absolute Gasteiger partial charge is 0.492 e. The third kappa shape index (κ3) is 4.62. The van der Waals surface area contributed by atoms with Crippen LogP contribution in [0.2, 0.25) is 0 Å². The van der Waals surface area contributed by atoms with E-state index in [1.807, 2.05) is 31.3 Å². The van der Waals surface area contributed by atoms with Crippen molar-refractivity contribution in [1.29, 1.82) is 0 Å². The zero-order chi connectivity index (χ0) is 25.1. The monoisotopic (exact) mass is 501 g/mol. The van der Waals surface area contributed by atoms with Crippen molar-refractivity contribution in [2.75, 3.05) is 26.4 Å². The quantitative estimate of drug-likeness (QED) is 0.210. The van der Waals surface area contributed by atoms with Gasteiger partial charge < -0.3 is 19.8 Å². The maximum absolute atomic E-state index is 13.3. The minimum atomic E-state index is -4.10. The number of ether oxygens (including phenoxy) is 2. The molecule has 0 atom stereocenters. The highest BCUT2D eigenvalue weighted by Crippen LogP contribution is 2.36. The molecular formula is C24H27N3O7S. The van der Waals surface area contributed by atoms with Gasteiger partial charge in [0, 0.05) is 30.7 Å². The third-order valence-corrected chi connectivity index (χ3v) is 8.85. The summed E-state index contributed by atoms with van der Waals surface area (Å²) in [7, 11) is -4.10. The van der Waals surface area contributed by atoms with Crippen LogP contribution >= 0.6 is 0 Å². The van der Waals surface area contributed by atoms with E-state index in [0.717, 1.165) is 16.8 Å². The Hall–Kier alpha value is -3.41. The number of benzene rings is 1. The van der Waals surface area contributed by atoms with Crippen LogP contribution in [0.4, 0.5) is 0 Å². The number of aromatic nitrogens is 1. The predicted molar refractivity (Wildman–Crippen MR) is 126 cm³/mol. The lowest BCUT2D eigenvalue weighted by Crippen LogP contribution is -2.54. The predicted octanol–water partition coefficient (Wildman–Crippen LogP) is 2.07. The summed E-state index contributed by atoms with van der Waals surface area (Å²) in [6.07, 6.45) is 1.69. The molecule has 0 spiro atoms. The van der Waals surface area contributed by atoms with Gasteiger partial charge in [-0.15, -0.1) is 0 Å². The first kappa shape index (κ1) is 24.7. The molecule has 0 radical (unpaired) electrons. The number of fused-ring (bicyclic) bond motifs is 1. The van der Waals surface area contributed by atoms with Gasteiger partial charge in [0.2, 0.25) is 0 Å². The van der Waals surface area contributed by atoms with E-state index in [1.165, 1.54) is 29.7 Å². The Labute approximate surface area is 202 Å². The Kier molecular flexibility index (Phi) is 7.10. The minimum absolute atomic E-state index is 0.0563. The van der Waals surface area contributed by atoms with E-state index in [-0.39, 0.29) is 50.0 Å². The molecule has 1 saturated heterocycles. The normalized spacial score (nSPS) is 15.5. The van der Waals surface area contributed by atoms with Crippen molar-refractivity contribution in [3.05, 3.63) is 59.8 Å². The smallest absolute Gasteiger partial charge is 0.265 e. The van der Waals surface area contributed by atoms with Gasteiger partial charge in [0.05, 0.1) is 11.4 Å². The summed E-state index contributed by atoms with van der Waals surface area (Å²) in [5, 5.41) is 12.0. The average Bonchev–Trinajstić information content (AvgIpc) is 3.23. The lowest BCUT2D eigenvalue weighted by molar-refractivity contribution is -0.134. The molecule has 35 heavy (non-hydrogen) atoms. The van der Waals surface area contributed by atoms with Gasteiger partial charge in [-0.3, -0.25) is 14.8 Å². The summed E-state index contributed by atoms with van der Waals surface area (Å²) in [4.78, 5) is 28.0. The second-order valence-corrected chi connectivity index (χ2v) is 10.6. The highest BCUT2D eigenvalue weighted by molar-refractivity contribution is 7.93. The summed E-state index contributed by atoms with van der Waals surface area (Å²) in [5.41, 5.74) is 4.83. The maximum atomic E-state index is 13.3. The Balaban J connectivity index is 1.36. The first-order valence-electron chi connectivity index (χ1n) is 11.1. The van der Waals surface area contributed by atoms with E-state index in [1.54, 1.807) is 0 Å². The van der Waals surface area contributed by atoms with Crippen molar-refractivity contribution in [2.45, 2.75) is 29.4 Å². The van der Waals surface area contributed by atoms with Crippen LogP contribution in [0.15, 0.2) is 53.6 Å². The number of sulfone groups is 1. The van der Waals surface area contributed by atoms with Crippen molar-refractivity contribution in [3.63, 3.8) is 0 Å². The fourth-order valence-electron chi connectivity index (χ4n) is 4.32. The number of pyridine rings is 1. The second kappa shape index (κ2) is 10.1. The summed E-state index contributed by atoms with van der Waals surface area (Å²) in [6, 6.07) is 11.3. The molecule has 1 aromatic rings. The molecule has 0 unspecified atom stereocenters. The van der Waals surface area contributed by atoms with Gasteiger partial charge in [-0.05, 0) is 67.3 Å². The van der Waals surface area contributed by atoms with E-state index in [9.17, 15) is 18.0 Å². The lowest BCUT2D eigenvalue weighted by atomic mass is 9.98. The van der Waals surface area contributed by atoms with Crippen molar-refractivity contribution in [3.8, 4) is 17.0 Å². The van der Waals surface area contributed by atoms with Gasteiger partial charge in [-0.25, -0.2) is 13.9 Å². The molecule has 11 heteroatoms. The highest BCUT2D eigenvalue weighted by atomic mass is 32.2. The molecule has 1 aromatic carbocycles. The van der Waals surface area contributed by atoms with Crippen LogP contribution in [0.25, 0.3) is 11.3 Å². The number of aromatic amines is 1. The fraction of sp³-hybridized carbons (Fsp3) is 0.333. The summed E-state index contributed by atoms with van der Waals surface area (Å²) >= 11 is 0. The molecule has 0 saturated carbocycles. The van der Waals surface area contributed by atoms with Gasteiger partial charge in [-0.1, -0.05) is 6.07 Å². The molecule has 2 aliphatic heterocycles. The van der Waals surface area contributed by atoms with Gasteiger partial charge in [0.25, 0.3) is 11.8 Å². The standard InChI is InChI=1S/C24H27N3O7S/c1-16-20(15-17-3-2-10-25-21(16)17)22(28)26-11-14-34-18-4-6-19(7-5-18)35(31,32)24(23(29)27-30)8-12-33-13-9-24/h2-7,10,15,25,30H,8-9,11-14H2,1H3,(H,26,28)(H,27,29). The molecule has 0 aromatic heterocycles. The zero-order valence-electron chi connectivity index (χ0n) is 19.2. The number of H-pyrrole nitrogens is 1. The third-order valence-electron chi connectivity index (χ3n) is 6.33. The second-order valence-electron chi connectivity index (χ2n) is 8.31. The Morgan fingerprint density at radius 2 is 1.89 bits per heavy atom. The number of hydrogen-bond donors (Lipinski definition) is 4. The summed E-state index contributed by atoms with van der Waals surface area (Å²) in [5.74, 6) is -0.764. The number of rotatable bonds is 8. The number of hydroxylamine groups is 1. The molecule has 3 aliphatic rings. The number of hydrogen-bond acceptors (Lipinski definition) is 7. The summed E-state index contributed by atoms with van der Waals surface area (Å²) in [6.45, 7) is 2.51. The zero-order valence-corrected chi connectivity index (χ0v) is 20.0. The van der Waals surface area contributed by atoms with E-state index < -0.39 is 20.5 Å². The SMILES string of the molecule is Cc1c(C(=O)NCCOc2ccc(S(=O)(=O)C3(C(=O)NO)CCOCC3)cc2)cc2ccc[nH]c1-2. The highest BCUT2D eigenvalue weighted by Gasteiger charge is 2.52. The van der Waals surface area contributed by atoms with Crippen molar-refractivity contribution < 1.29 is 32.7 Å². The Bertz CT molecular complexity index is 1280. The van der Waals surface area contributed by atoms with E-state index in [0.29, 0.717) is 11.3 Å². The first-order chi connectivity index (χ1) is 16.8. The molecule has 1 fully saturated rings. The van der Waals surface area contributed by atoms with Crippen molar-refractivity contribution in [1.82, 2.24) is 15.8 Å². The summed E-state index contributed by atoms with van der Waals surface area (Å²) < 4.78 is 35.6. The van der Waals surface area contributed by atoms with Crippen LogP contribution in [0.3, 0.4) is 0 Å². The molecule has 10 nitrogen and oxygen atoms in total. The van der Waals surface area contributed by atoms with E-state index in [2.05, 4.69) is 10.3 Å². The van der Waals surface area contributed by atoms with Crippen LogP contribution in [-0.2, 0) is 19.4 Å². The topological polar surface area (TPSA) is 147 Å². The van der Waals surface area contributed by atoms with Gasteiger partial charge in [0.15, 0.2) is 14.6 Å². The number of carbonyl (C=O) groups excluding carboxylic acids is 2. The molecular weight excluding hydrogens is 474 g/mol. The van der Waals surface area contributed by atoms with Gasteiger partial charge in [-0.2, -0.15) is 0 Å². The molecule has 0 bridgehead atoms. The van der Waals surface area contributed by atoms with Crippen LogP contribution in [-0.4, -0.2) is 61.5 Å². The molecule has 4 N–H and O–H groups in total. The van der Waals surface area contributed by atoms with Gasteiger partial charge >= 0.3 is 0 Å². The maximum Gasteiger partial charge on any atom is 0.265 e. The van der Waals surface area contributed by atoms with E-state index >= 15 is 0 Å². The number of amides is 2. The van der Waals surface area contributed by atoms with Crippen LogP contribution in [0, 0.1) is 6.92 Å². The first-order valence-corrected chi connectivity index (χ1v) is 12.6. The molecule has 2 amide bonds. The molecule has 2 heterocycles. The lowest BCUT2D eigenvalue weighted by Gasteiger charge is -2.34. The molecule has 186 valence electrons. The Morgan fingerprint density at radius 3 is 2.54 bits per heavy atom. The van der Waals surface area contributed by atoms with Crippen LogP contribution in [0.1, 0.15) is 28.8 Å². The van der Waals surface area contributed by atoms with Crippen molar-refractivity contribution >= 4 is 21.7 Å². The number of nitrogens with one attached hydrogen (secondary N) is 3. The van der Waals surface area contributed by atoms with Crippen molar-refractivity contribution in [2.24, 2.45) is 0 Å². The molecule has 4 rings (SSSR count). The average molecular weight is 502 g/mol. The van der Waals surface area contributed by atoms with E-state index in [4.69, 9.17) is 14.7 Å². The number of carbonyl (C=O) groups is 2. The fourth-order valence-corrected chi connectivity index (χ4v) is 6.26. The Morgan fingerprint density at radius 1 is 1.17 bits per heavy atom.